The molecule has 0 spiro atoms. The van der Waals surface area contributed by atoms with Crippen LogP contribution in [0.4, 0.5) is 0 Å². The molecule has 4 nitrogen and oxygen atoms in total. The van der Waals surface area contributed by atoms with Crippen LogP contribution in [0.25, 0.3) is 11.0 Å². The average Bonchev–Trinajstić information content (AvgIpc) is 2.67. The highest BCUT2D eigenvalue weighted by atomic mass is 35.5. The summed E-state index contributed by atoms with van der Waals surface area (Å²) in [5.41, 5.74) is 1.57. The molecule has 0 bridgehead atoms. The zero-order chi connectivity index (χ0) is 12.5. The standard InChI is InChI=1S/C13H15ClN2O2/c14-9-4-5-11-12(7-9)16(13(17)15-11)8-10-3-1-2-6-18-10/h4-5,7,10H,1-3,6,8H2,(H,15,17). The SMILES string of the molecule is O=c1[nH]c2ccc(Cl)cc2n1CC1CCCCO1. The Morgan fingerprint density at radius 2 is 2.33 bits per heavy atom. The molecule has 1 aliphatic rings. The molecule has 1 aromatic heterocycles. The van der Waals surface area contributed by atoms with Crippen LogP contribution in [0.15, 0.2) is 23.0 Å². The third-order valence-corrected chi connectivity index (χ3v) is 3.63. The maximum Gasteiger partial charge on any atom is 0.326 e. The molecule has 0 radical (unpaired) electrons. The van der Waals surface area contributed by atoms with Crippen molar-refractivity contribution in [2.24, 2.45) is 0 Å². The Bertz CT molecular complexity index is 611. The number of halogens is 1. The largest absolute Gasteiger partial charge is 0.376 e. The van der Waals surface area contributed by atoms with E-state index in [4.69, 9.17) is 16.3 Å². The van der Waals surface area contributed by atoms with Crippen molar-refractivity contribution in [3.8, 4) is 0 Å². The Balaban J connectivity index is 1.97. The van der Waals surface area contributed by atoms with E-state index >= 15 is 0 Å². The predicted octanol–water partition coefficient (Wildman–Crippen LogP) is 2.55. The molecule has 1 fully saturated rings. The second-order valence-electron chi connectivity index (χ2n) is 4.69. The van der Waals surface area contributed by atoms with E-state index in [-0.39, 0.29) is 11.8 Å². The molecule has 0 aliphatic carbocycles. The molecule has 1 aliphatic heterocycles. The van der Waals surface area contributed by atoms with Crippen molar-refractivity contribution in [3.63, 3.8) is 0 Å². The third kappa shape index (κ3) is 2.18. The van der Waals surface area contributed by atoms with Crippen LogP contribution in [-0.4, -0.2) is 22.3 Å². The number of hydrogen-bond donors (Lipinski definition) is 1. The van der Waals surface area contributed by atoms with E-state index in [0.717, 1.165) is 30.5 Å². The van der Waals surface area contributed by atoms with Gasteiger partial charge in [-0.05, 0) is 37.5 Å². The minimum Gasteiger partial charge on any atom is -0.376 e. The number of imidazole rings is 1. The molecule has 0 amide bonds. The summed E-state index contributed by atoms with van der Waals surface area (Å²) in [6.45, 7) is 1.39. The average molecular weight is 267 g/mol. The van der Waals surface area contributed by atoms with Gasteiger partial charge in [0.15, 0.2) is 0 Å². The molecular weight excluding hydrogens is 252 g/mol. The number of rotatable bonds is 2. The van der Waals surface area contributed by atoms with E-state index in [0.29, 0.717) is 11.6 Å². The van der Waals surface area contributed by atoms with Crippen LogP contribution in [0.5, 0.6) is 0 Å². The van der Waals surface area contributed by atoms with Gasteiger partial charge in [0.25, 0.3) is 0 Å². The molecule has 1 atom stereocenters. The zero-order valence-corrected chi connectivity index (χ0v) is 10.7. The Morgan fingerprint density at radius 1 is 1.44 bits per heavy atom. The maximum absolute atomic E-state index is 11.9. The van der Waals surface area contributed by atoms with Crippen molar-refractivity contribution in [1.29, 1.82) is 0 Å². The minimum atomic E-state index is -0.0959. The Labute approximate surface area is 110 Å². The Hall–Kier alpha value is -1.26. The Kier molecular flexibility index (Phi) is 3.14. The van der Waals surface area contributed by atoms with Crippen molar-refractivity contribution >= 4 is 22.6 Å². The summed E-state index contributed by atoms with van der Waals surface area (Å²) in [6.07, 6.45) is 3.43. The van der Waals surface area contributed by atoms with Crippen LogP contribution in [0.1, 0.15) is 19.3 Å². The van der Waals surface area contributed by atoms with Crippen molar-refractivity contribution in [2.75, 3.05) is 6.61 Å². The summed E-state index contributed by atoms with van der Waals surface area (Å²) in [5, 5.41) is 0.639. The molecule has 1 unspecified atom stereocenters. The first-order valence-electron chi connectivity index (χ1n) is 6.24. The number of nitrogens with zero attached hydrogens (tertiary/aromatic N) is 1. The van der Waals surface area contributed by atoms with Crippen molar-refractivity contribution < 1.29 is 4.74 Å². The molecule has 0 saturated carbocycles. The lowest BCUT2D eigenvalue weighted by molar-refractivity contribution is 0.00613. The molecule has 1 N–H and O–H groups in total. The molecule has 1 aromatic carbocycles. The number of nitrogens with one attached hydrogen (secondary N) is 1. The maximum atomic E-state index is 11.9. The molecule has 1 saturated heterocycles. The van der Waals surface area contributed by atoms with E-state index in [1.807, 2.05) is 12.1 Å². The van der Waals surface area contributed by atoms with Crippen LogP contribution < -0.4 is 5.69 Å². The molecule has 2 aromatic rings. The molecule has 3 rings (SSSR count). The monoisotopic (exact) mass is 266 g/mol. The van der Waals surface area contributed by atoms with Gasteiger partial charge in [0.05, 0.1) is 23.7 Å². The fourth-order valence-electron chi connectivity index (χ4n) is 2.46. The van der Waals surface area contributed by atoms with Gasteiger partial charge in [0, 0.05) is 11.6 Å². The van der Waals surface area contributed by atoms with Gasteiger partial charge in [-0.15, -0.1) is 0 Å². The lowest BCUT2D eigenvalue weighted by Crippen LogP contribution is -2.29. The fraction of sp³-hybridized carbons (Fsp3) is 0.462. The second-order valence-corrected chi connectivity index (χ2v) is 5.13. The minimum absolute atomic E-state index is 0.0959. The van der Waals surface area contributed by atoms with Crippen molar-refractivity contribution in [1.82, 2.24) is 9.55 Å². The quantitative estimate of drug-likeness (QED) is 0.908. The van der Waals surface area contributed by atoms with Crippen LogP contribution in [-0.2, 0) is 11.3 Å². The van der Waals surface area contributed by atoms with E-state index in [1.165, 1.54) is 6.42 Å². The topological polar surface area (TPSA) is 47.0 Å². The number of H-pyrrole nitrogens is 1. The molecule has 18 heavy (non-hydrogen) atoms. The summed E-state index contributed by atoms with van der Waals surface area (Å²) in [5.74, 6) is 0. The van der Waals surface area contributed by atoms with Gasteiger partial charge in [-0.1, -0.05) is 11.6 Å². The van der Waals surface area contributed by atoms with Crippen molar-refractivity contribution in [3.05, 3.63) is 33.7 Å². The van der Waals surface area contributed by atoms with E-state index < -0.39 is 0 Å². The first kappa shape index (κ1) is 11.8. The molecule has 96 valence electrons. The number of benzene rings is 1. The van der Waals surface area contributed by atoms with E-state index in [2.05, 4.69) is 4.98 Å². The van der Waals surface area contributed by atoms with Crippen LogP contribution in [0, 0.1) is 0 Å². The van der Waals surface area contributed by atoms with Gasteiger partial charge in [0.1, 0.15) is 0 Å². The molecular formula is C13H15ClN2O2. The highest BCUT2D eigenvalue weighted by Crippen LogP contribution is 2.19. The van der Waals surface area contributed by atoms with E-state index in [1.54, 1.807) is 10.6 Å². The lowest BCUT2D eigenvalue weighted by atomic mass is 10.1. The normalized spacial score (nSPS) is 20.4. The van der Waals surface area contributed by atoms with E-state index in [9.17, 15) is 4.79 Å². The van der Waals surface area contributed by atoms with Gasteiger partial charge >= 0.3 is 5.69 Å². The predicted molar refractivity (Wildman–Crippen MR) is 71.2 cm³/mol. The summed E-state index contributed by atoms with van der Waals surface area (Å²) in [4.78, 5) is 14.8. The number of aromatic nitrogens is 2. The summed E-state index contributed by atoms with van der Waals surface area (Å²) in [6, 6.07) is 5.43. The third-order valence-electron chi connectivity index (χ3n) is 3.40. The lowest BCUT2D eigenvalue weighted by Gasteiger charge is -2.22. The summed E-state index contributed by atoms with van der Waals surface area (Å²) < 4.78 is 7.40. The van der Waals surface area contributed by atoms with Gasteiger partial charge in [-0.2, -0.15) is 0 Å². The van der Waals surface area contributed by atoms with Crippen LogP contribution in [0.3, 0.4) is 0 Å². The van der Waals surface area contributed by atoms with Gasteiger partial charge < -0.3 is 9.72 Å². The van der Waals surface area contributed by atoms with Crippen LogP contribution in [0.2, 0.25) is 5.02 Å². The molecule has 5 heteroatoms. The van der Waals surface area contributed by atoms with Crippen LogP contribution >= 0.6 is 11.6 Å². The summed E-state index contributed by atoms with van der Waals surface area (Å²) >= 11 is 5.98. The van der Waals surface area contributed by atoms with Gasteiger partial charge in [0.2, 0.25) is 0 Å². The number of ether oxygens (including phenoxy) is 1. The van der Waals surface area contributed by atoms with Gasteiger partial charge in [-0.3, -0.25) is 4.57 Å². The van der Waals surface area contributed by atoms with Gasteiger partial charge in [-0.25, -0.2) is 4.79 Å². The Morgan fingerprint density at radius 3 is 3.11 bits per heavy atom. The highest BCUT2D eigenvalue weighted by molar-refractivity contribution is 6.31. The highest BCUT2D eigenvalue weighted by Gasteiger charge is 2.17. The smallest absolute Gasteiger partial charge is 0.326 e. The summed E-state index contributed by atoms with van der Waals surface area (Å²) in [7, 11) is 0. The fourth-order valence-corrected chi connectivity index (χ4v) is 2.63. The first-order chi connectivity index (χ1) is 8.74. The first-order valence-corrected chi connectivity index (χ1v) is 6.61. The number of hydrogen-bond acceptors (Lipinski definition) is 2. The van der Waals surface area contributed by atoms with Crippen molar-refractivity contribution in [2.45, 2.75) is 31.9 Å². The zero-order valence-electron chi connectivity index (χ0n) is 9.99. The second kappa shape index (κ2) is 4.78. The number of fused-ring (bicyclic) bond motifs is 1. The molecule has 2 heterocycles. The number of aromatic amines is 1.